The molecule has 17 heavy (non-hydrogen) atoms. The Morgan fingerprint density at radius 2 is 2.29 bits per heavy atom. The number of rotatable bonds is 2. The first-order valence-corrected chi connectivity index (χ1v) is 5.97. The van der Waals surface area contributed by atoms with E-state index in [4.69, 9.17) is 5.73 Å². The molecule has 0 radical (unpaired) electrons. The maximum absolute atomic E-state index is 12.0. The van der Waals surface area contributed by atoms with E-state index in [0.717, 1.165) is 12.0 Å². The predicted molar refractivity (Wildman–Crippen MR) is 65.5 cm³/mol. The number of carbonyl (C=O) groups excluding carboxylic acids is 1. The minimum Gasteiger partial charge on any atom is -0.508 e. The van der Waals surface area contributed by atoms with Crippen LogP contribution < -0.4 is 5.73 Å². The molecule has 1 heterocycles. The number of nitrogens with two attached hydrogens (primary N) is 1. The second kappa shape index (κ2) is 4.75. The van der Waals surface area contributed by atoms with Crippen molar-refractivity contribution in [2.45, 2.75) is 32.4 Å². The first kappa shape index (κ1) is 11.9. The maximum Gasteiger partial charge on any atom is 0.239 e. The van der Waals surface area contributed by atoms with Crippen molar-refractivity contribution in [2.24, 2.45) is 5.73 Å². The van der Waals surface area contributed by atoms with Crippen LogP contribution in [0.15, 0.2) is 18.2 Å². The molecule has 1 aromatic carbocycles. The van der Waals surface area contributed by atoms with Crippen molar-refractivity contribution in [2.75, 3.05) is 6.54 Å². The van der Waals surface area contributed by atoms with E-state index in [2.05, 4.69) is 0 Å². The summed E-state index contributed by atoms with van der Waals surface area (Å²) in [6.07, 6.45) is 1.49. The van der Waals surface area contributed by atoms with Crippen LogP contribution in [0.3, 0.4) is 0 Å². The fraction of sp³-hybridized carbons (Fsp3) is 0.462. The quantitative estimate of drug-likeness (QED) is 0.802. The van der Waals surface area contributed by atoms with Crippen LogP contribution in [0.25, 0.3) is 0 Å². The van der Waals surface area contributed by atoms with Gasteiger partial charge >= 0.3 is 0 Å². The molecule has 0 aliphatic carbocycles. The van der Waals surface area contributed by atoms with E-state index in [9.17, 15) is 9.90 Å². The molecule has 1 aliphatic rings. The monoisotopic (exact) mass is 234 g/mol. The number of phenols is 1. The molecule has 4 heteroatoms. The molecule has 0 spiro atoms. The van der Waals surface area contributed by atoms with Gasteiger partial charge in [0.05, 0.1) is 6.04 Å². The molecule has 0 saturated carbocycles. The van der Waals surface area contributed by atoms with Gasteiger partial charge in [-0.1, -0.05) is 13.0 Å². The minimum absolute atomic E-state index is 0.00138. The summed E-state index contributed by atoms with van der Waals surface area (Å²) < 4.78 is 0. The summed E-state index contributed by atoms with van der Waals surface area (Å²) in [5.74, 6) is 0.249. The Kier molecular flexibility index (Phi) is 3.33. The van der Waals surface area contributed by atoms with Crippen LogP contribution in [0.5, 0.6) is 5.75 Å². The first-order valence-electron chi connectivity index (χ1n) is 5.97. The maximum atomic E-state index is 12.0. The Labute approximate surface area is 101 Å². The number of amides is 1. The summed E-state index contributed by atoms with van der Waals surface area (Å²) in [7, 11) is 0. The van der Waals surface area contributed by atoms with E-state index >= 15 is 0 Å². The van der Waals surface area contributed by atoms with Gasteiger partial charge < -0.3 is 15.7 Å². The number of phenolic OH excluding ortho intramolecular Hbond substituents is 1. The average molecular weight is 234 g/mol. The molecule has 0 fully saturated rings. The van der Waals surface area contributed by atoms with Crippen molar-refractivity contribution < 1.29 is 9.90 Å². The Hall–Kier alpha value is -1.55. The molecule has 0 aromatic heterocycles. The summed E-state index contributed by atoms with van der Waals surface area (Å²) in [5.41, 5.74) is 7.98. The second-order valence-electron chi connectivity index (χ2n) is 4.48. The van der Waals surface area contributed by atoms with Gasteiger partial charge in [-0.05, 0) is 36.1 Å². The molecule has 2 rings (SSSR count). The number of nitrogens with zero attached hydrogens (tertiary/aromatic N) is 1. The lowest BCUT2D eigenvalue weighted by Gasteiger charge is -2.30. The molecule has 1 amide bonds. The lowest BCUT2D eigenvalue weighted by molar-refractivity contribution is -0.133. The van der Waals surface area contributed by atoms with Crippen molar-refractivity contribution in [3.63, 3.8) is 0 Å². The molecule has 0 saturated heterocycles. The molecular weight excluding hydrogens is 216 g/mol. The number of hydrogen-bond donors (Lipinski definition) is 2. The zero-order valence-corrected chi connectivity index (χ0v) is 10.0. The third kappa shape index (κ3) is 2.42. The fourth-order valence-electron chi connectivity index (χ4n) is 2.14. The van der Waals surface area contributed by atoms with Gasteiger partial charge in [0.15, 0.2) is 0 Å². The normalized spacial score (nSPS) is 16.5. The third-order valence-electron chi connectivity index (χ3n) is 3.27. The molecule has 1 aliphatic heterocycles. The van der Waals surface area contributed by atoms with Crippen molar-refractivity contribution >= 4 is 5.91 Å². The molecular formula is C13H18N2O2. The Balaban J connectivity index is 2.15. The van der Waals surface area contributed by atoms with E-state index in [0.29, 0.717) is 19.5 Å². The number of aromatic hydroxyl groups is 1. The van der Waals surface area contributed by atoms with E-state index in [-0.39, 0.29) is 11.7 Å². The van der Waals surface area contributed by atoms with Gasteiger partial charge in [0, 0.05) is 13.1 Å². The van der Waals surface area contributed by atoms with Crippen molar-refractivity contribution in [1.29, 1.82) is 0 Å². The summed E-state index contributed by atoms with van der Waals surface area (Å²) in [4.78, 5) is 13.7. The second-order valence-corrected chi connectivity index (χ2v) is 4.48. The van der Waals surface area contributed by atoms with Crippen molar-refractivity contribution in [1.82, 2.24) is 4.90 Å². The number of fused-ring (bicyclic) bond motifs is 1. The van der Waals surface area contributed by atoms with E-state index < -0.39 is 6.04 Å². The largest absolute Gasteiger partial charge is 0.508 e. The van der Waals surface area contributed by atoms with Crippen LogP contribution in [0.2, 0.25) is 0 Å². The van der Waals surface area contributed by atoms with Crippen molar-refractivity contribution in [3.8, 4) is 5.75 Å². The molecule has 1 atom stereocenters. The molecule has 1 unspecified atom stereocenters. The van der Waals surface area contributed by atoms with Gasteiger partial charge in [-0.25, -0.2) is 0 Å². The van der Waals surface area contributed by atoms with Gasteiger partial charge in [0.1, 0.15) is 5.75 Å². The van der Waals surface area contributed by atoms with Crippen LogP contribution in [-0.2, 0) is 17.8 Å². The molecule has 3 N–H and O–H groups in total. The van der Waals surface area contributed by atoms with Gasteiger partial charge in [-0.15, -0.1) is 0 Å². The highest BCUT2D eigenvalue weighted by Gasteiger charge is 2.24. The number of carbonyl (C=O) groups is 1. The predicted octanol–water partition coefficient (Wildman–Crippen LogP) is 1.01. The van der Waals surface area contributed by atoms with E-state index in [1.807, 2.05) is 13.0 Å². The summed E-state index contributed by atoms with van der Waals surface area (Å²) in [6.45, 7) is 3.17. The molecule has 4 nitrogen and oxygen atoms in total. The average Bonchev–Trinajstić information content (AvgIpc) is 2.36. The molecule has 92 valence electrons. The zero-order chi connectivity index (χ0) is 12.4. The van der Waals surface area contributed by atoms with Crippen LogP contribution in [-0.4, -0.2) is 28.5 Å². The van der Waals surface area contributed by atoms with Gasteiger partial charge in [-0.3, -0.25) is 4.79 Å². The highest BCUT2D eigenvalue weighted by Crippen LogP contribution is 2.23. The van der Waals surface area contributed by atoms with Crippen LogP contribution in [0.4, 0.5) is 0 Å². The summed E-state index contributed by atoms with van der Waals surface area (Å²) in [6, 6.07) is 4.93. The number of benzene rings is 1. The highest BCUT2D eigenvalue weighted by molar-refractivity contribution is 5.81. The summed E-state index contributed by atoms with van der Waals surface area (Å²) >= 11 is 0. The lowest BCUT2D eigenvalue weighted by atomic mass is 9.99. The van der Waals surface area contributed by atoms with Crippen LogP contribution in [0, 0.1) is 0 Å². The minimum atomic E-state index is -0.408. The Bertz CT molecular complexity index is 431. The standard InChI is InChI=1S/C13H18N2O2/c1-2-12(14)13(17)15-6-5-9-3-4-11(16)7-10(9)8-15/h3-4,7,12,16H,2,5-6,8,14H2,1H3. The van der Waals surface area contributed by atoms with Crippen molar-refractivity contribution in [3.05, 3.63) is 29.3 Å². The fourth-order valence-corrected chi connectivity index (χ4v) is 2.14. The van der Waals surface area contributed by atoms with Gasteiger partial charge in [0.25, 0.3) is 0 Å². The SMILES string of the molecule is CCC(N)C(=O)N1CCc2ccc(O)cc2C1. The highest BCUT2D eigenvalue weighted by atomic mass is 16.3. The number of hydrogen-bond acceptors (Lipinski definition) is 3. The zero-order valence-electron chi connectivity index (χ0n) is 10.0. The van der Waals surface area contributed by atoms with Crippen LogP contribution in [0.1, 0.15) is 24.5 Å². The van der Waals surface area contributed by atoms with E-state index in [1.54, 1.807) is 17.0 Å². The Morgan fingerprint density at radius 1 is 1.53 bits per heavy atom. The van der Waals surface area contributed by atoms with E-state index in [1.165, 1.54) is 5.56 Å². The molecule has 1 aromatic rings. The summed E-state index contributed by atoms with van der Waals surface area (Å²) in [5, 5.41) is 9.44. The smallest absolute Gasteiger partial charge is 0.239 e. The third-order valence-corrected chi connectivity index (χ3v) is 3.27. The first-order chi connectivity index (χ1) is 8.11. The topological polar surface area (TPSA) is 66.6 Å². The lowest BCUT2D eigenvalue weighted by Crippen LogP contribution is -2.45. The van der Waals surface area contributed by atoms with Gasteiger partial charge in [0.2, 0.25) is 5.91 Å². The van der Waals surface area contributed by atoms with Crippen LogP contribution >= 0.6 is 0 Å². The van der Waals surface area contributed by atoms with Gasteiger partial charge in [-0.2, -0.15) is 0 Å². The Morgan fingerprint density at radius 3 is 3.00 bits per heavy atom. The molecule has 0 bridgehead atoms.